The Hall–Kier alpha value is -2.18. The van der Waals surface area contributed by atoms with Crippen LogP contribution in [-0.2, 0) is 14.8 Å². The minimum Gasteiger partial charge on any atom is -0.325 e. The smallest absolute Gasteiger partial charge is 0.243 e. The Morgan fingerprint density at radius 1 is 1.08 bits per heavy atom. The van der Waals surface area contributed by atoms with Crippen molar-refractivity contribution in [2.75, 3.05) is 11.9 Å². The van der Waals surface area contributed by atoms with Gasteiger partial charge in [-0.1, -0.05) is 36.8 Å². The van der Waals surface area contributed by atoms with E-state index < -0.39 is 16.1 Å². The fraction of sp³-hybridized carbons (Fsp3) is 0.316. The lowest BCUT2D eigenvalue weighted by atomic mass is 10.0. The third-order valence-corrected chi connectivity index (χ3v) is 6.31. The molecule has 0 radical (unpaired) electrons. The highest BCUT2D eigenvalue weighted by Crippen LogP contribution is 2.26. The van der Waals surface area contributed by atoms with Gasteiger partial charge in [-0.15, -0.1) is 0 Å². The molecule has 1 amide bonds. The molecular weight excluding hydrogens is 336 g/mol. The van der Waals surface area contributed by atoms with Crippen LogP contribution in [0.2, 0.25) is 0 Å². The van der Waals surface area contributed by atoms with Gasteiger partial charge in [0.25, 0.3) is 0 Å². The van der Waals surface area contributed by atoms with E-state index in [-0.39, 0.29) is 10.8 Å². The number of amides is 1. The van der Waals surface area contributed by atoms with Crippen LogP contribution in [-0.4, -0.2) is 31.2 Å². The molecule has 6 heteroatoms. The molecule has 1 aliphatic heterocycles. The fourth-order valence-corrected chi connectivity index (χ4v) is 4.81. The molecule has 1 atom stereocenters. The molecule has 25 heavy (non-hydrogen) atoms. The maximum atomic E-state index is 13.0. The van der Waals surface area contributed by atoms with Crippen LogP contribution in [0.1, 0.15) is 24.8 Å². The monoisotopic (exact) mass is 358 g/mol. The molecular formula is C19H22N2O3S. The van der Waals surface area contributed by atoms with Crippen molar-refractivity contribution in [3.05, 3.63) is 60.2 Å². The molecule has 1 saturated heterocycles. The highest BCUT2D eigenvalue weighted by atomic mass is 32.2. The first-order valence-electron chi connectivity index (χ1n) is 8.43. The zero-order chi connectivity index (χ0) is 17.9. The van der Waals surface area contributed by atoms with Crippen LogP contribution in [0.25, 0.3) is 0 Å². The number of hydrogen-bond donors (Lipinski definition) is 1. The van der Waals surface area contributed by atoms with Gasteiger partial charge in [0, 0.05) is 12.2 Å². The summed E-state index contributed by atoms with van der Waals surface area (Å²) in [6, 6.07) is 15.1. The average molecular weight is 358 g/mol. The minimum atomic E-state index is -3.68. The normalized spacial score (nSPS) is 18.7. The van der Waals surface area contributed by atoms with E-state index in [2.05, 4.69) is 5.32 Å². The van der Waals surface area contributed by atoms with Gasteiger partial charge in [-0.2, -0.15) is 4.31 Å². The number of hydrogen-bond acceptors (Lipinski definition) is 3. The van der Waals surface area contributed by atoms with Crippen molar-refractivity contribution in [2.24, 2.45) is 0 Å². The molecule has 1 aliphatic rings. The summed E-state index contributed by atoms with van der Waals surface area (Å²) in [5, 5.41) is 2.86. The maximum absolute atomic E-state index is 13.0. The van der Waals surface area contributed by atoms with Crippen LogP contribution in [0.4, 0.5) is 5.69 Å². The molecule has 0 spiro atoms. The number of sulfonamides is 1. The average Bonchev–Trinajstić information content (AvgIpc) is 2.62. The molecule has 3 rings (SSSR count). The van der Waals surface area contributed by atoms with E-state index in [0.29, 0.717) is 18.7 Å². The van der Waals surface area contributed by atoms with Crippen molar-refractivity contribution in [1.82, 2.24) is 4.31 Å². The second-order valence-corrected chi connectivity index (χ2v) is 8.19. The van der Waals surface area contributed by atoms with Gasteiger partial charge < -0.3 is 5.32 Å². The number of benzene rings is 2. The van der Waals surface area contributed by atoms with Gasteiger partial charge in [0.1, 0.15) is 6.04 Å². The van der Waals surface area contributed by atoms with Crippen LogP contribution in [0.3, 0.4) is 0 Å². The van der Waals surface area contributed by atoms with Crippen molar-refractivity contribution in [2.45, 2.75) is 37.1 Å². The predicted molar refractivity (Wildman–Crippen MR) is 97.8 cm³/mol. The highest BCUT2D eigenvalue weighted by Gasteiger charge is 2.37. The summed E-state index contributed by atoms with van der Waals surface area (Å²) in [6.45, 7) is 2.31. The van der Waals surface area contributed by atoms with Crippen LogP contribution in [0, 0.1) is 6.92 Å². The van der Waals surface area contributed by atoms with Crippen LogP contribution in [0.5, 0.6) is 0 Å². The molecule has 2 aromatic rings. The number of carbonyl (C=O) groups excluding carboxylic acids is 1. The predicted octanol–water partition coefficient (Wildman–Crippen LogP) is 3.18. The molecule has 1 heterocycles. The molecule has 2 aromatic carbocycles. The molecule has 0 saturated carbocycles. The van der Waals surface area contributed by atoms with E-state index in [1.54, 1.807) is 30.3 Å². The van der Waals surface area contributed by atoms with E-state index in [9.17, 15) is 13.2 Å². The lowest BCUT2D eigenvalue weighted by Gasteiger charge is -2.33. The highest BCUT2D eigenvalue weighted by molar-refractivity contribution is 7.89. The minimum absolute atomic E-state index is 0.227. The molecule has 1 N–H and O–H groups in total. The Bertz CT molecular complexity index is 850. The van der Waals surface area contributed by atoms with Crippen LogP contribution in [0.15, 0.2) is 59.5 Å². The van der Waals surface area contributed by atoms with Crippen molar-refractivity contribution in [3.8, 4) is 0 Å². The Morgan fingerprint density at radius 2 is 1.84 bits per heavy atom. The first-order valence-corrected chi connectivity index (χ1v) is 9.87. The summed E-state index contributed by atoms with van der Waals surface area (Å²) in [6.07, 6.45) is 2.14. The van der Waals surface area contributed by atoms with Gasteiger partial charge in [-0.05, 0) is 49.6 Å². The van der Waals surface area contributed by atoms with Gasteiger partial charge in [0.15, 0.2) is 0 Å². The van der Waals surface area contributed by atoms with Gasteiger partial charge in [-0.3, -0.25) is 4.79 Å². The fourth-order valence-electron chi connectivity index (χ4n) is 3.13. The molecule has 0 aromatic heterocycles. The summed E-state index contributed by atoms with van der Waals surface area (Å²) < 4.78 is 27.3. The second kappa shape index (κ2) is 7.37. The van der Waals surface area contributed by atoms with E-state index >= 15 is 0 Å². The van der Waals surface area contributed by atoms with Crippen LogP contribution >= 0.6 is 0 Å². The Balaban J connectivity index is 1.84. The molecule has 5 nitrogen and oxygen atoms in total. The van der Waals surface area contributed by atoms with E-state index in [4.69, 9.17) is 0 Å². The molecule has 132 valence electrons. The summed E-state index contributed by atoms with van der Waals surface area (Å²) in [4.78, 5) is 13.0. The number of nitrogens with one attached hydrogen (secondary N) is 1. The molecule has 0 aliphatic carbocycles. The third-order valence-electron chi connectivity index (χ3n) is 4.39. The third kappa shape index (κ3) is 3.91. The molecule has 1 unspecified atom stereocenters. The van der Waals surface area contributed by atoms with Gasteiger partial charge >= 0.3 is 0 Å². The molecule has 0 bridgehead atoms. The lowest BCUT2D eigenvalue weighted by molar-refractivity contribution is -0.120. The van der Waals surface area contributed by atoms with Crippen molar-refractivity contribution >= 4 is 21.6 Å². The first-order chi connectivity index (χ1) is 12.0. The summed E-state index contributed by atoms with van der Waals surface area (Å²) in [5.74, 6) is -0.273. The zero-order valence-corrected chi connectivity index (χ0v) is 15.0. The number of piperidine rings is 1. The largest absolute Gasteiger partial charge is 0.325 e. The van der Waals surface area contributed by atoms with Gasteiger partial charge in [0.2, 0.25) is 15.9 Å². The zero-order valence-electron chi connectivity index (χ0n) is 14.2. The second-order valence-electron chi connectivity index (χ2n) is 6.30. The lowest BCUT2D eigenvalue weighted by Crippen LogP contribution is -2.49. The Labute approximate surface area is 148 Å². The summed E-state index contributed by atoms with van der Waals surface area (Å²) >= 11 is 0. The number of carbonyl (C=O) groups is 1. The van der Waals surface area contributed by atoms with Crippen molar-refractivity contribution < 1.29 is 13.2 Å². The maximum Gasteiger partial charge on any atom is 0.243 e. The number of anilines is 1. The Kier molecular flexibility index (Phi) is 5.20. The number of nitrogens with zero attached hydrogens (tertiary/aromatic N) is 1. The van der Waals surface area contributed by atoms with Crippen molar-refractivity contribution in [3.63, 3.8) is 0 Å². The first kappa shape index (κ1) is 17.6. The summed E-state index contributed by atoms with van der Waals surface area (Å²) in [7, 11) is -3.68. The number of aryl methyl sites for hydroxylation is 1. The standard InChI is InChI=1S/C19H22N2O3S/c1-15-8-7-9-16(14-15)20-19(22)18-12-5-6-13-21(18)25(23,24)17-10-3-2-4-11-17/h2-4,7-11,14,18H,5-6,12-13H2,1H3,(H,20,22). The van der Waals surface area contributed by atoms with E-state index in [1.807, 2.05) is 31.2 Å². The van der Waals surface area contributed by atoms with Crippen LogP contribution < -0.4 is 5.32 Å². The quantitative estimate of drug-likeness (QED) is 0.913. The van der Waals surface area contributed by atoms with Crippen molar-refractivity contribution in [1.29, 1.82) is 0 Å². The molecule has 1 fully saturated rings. The van der Waals surface area contributed by atoms with Gasteiger partial charge in [-0.25, -0.2) is 8.42 Å². The van der Waals surface area contributed by atoms with E-state index in [1.165, 1.54) is 4.31 Å². The van der Waals surface area contributed by atoms with E-state index in [0.717, 1.165) is 18.4 Å². The topological polar surface area (TPSA) is 66.5 Å². The van der Waals surface area contributed by atoms with Gasteiger partial charge in [0.05, 0.1) is 4.90 Å². The SMILES string of the molecule is Cc1cccc(NC(=O)C2CCCCN2S(=O)(=O)c2ccccc2)c1. The summed E-state index contributed by atoms with van der Waals surface area (Å²) in [5.41, 5.74) is 1.72. The Morgan fingerprint density at radius 3 is 2.56 bits per heavy atom. The number of rotatable bonds is 4.